The lowest BCUT2D eigenvalue weighted by atomic mass is 9.99. The summed E-state index contributed by atoms with van der Waals surface area (Å²) in [6, 6.07) is 9.28. The van der Waals surface area contributed by atoms with E-state index >= 15 is 0 Å². The van der Waals surface area contributed by atoms with Crippen molar-refractivity contribution in [2.45, 2.75) is 37.0 Å². The summed E-state index contributed by atoms with van der Waals surface area (Å²) in [5.74, 6) is 2.18. The molecule has 1 aromatic carbocycles. The SMILES string of the molecule is NC1(c2noc(CSCC(=O)c3ccccc3)n2)CCCC1. The van der Waals surface area contributed by atoms with Crippen LogP contribution in [-0.4, -0.2) is 21.7 Å². The normalized spacial score (nSPS) is 16.8. The van der Waals surface area contributed by atoms with Gasteiger partial charge in [-0.15, -0.1) is 11.8 Å². The van der Waals surface area contributed by atoms with Gasteiger partial charge in [0.05, 0.1) is 17.0 Å². The Morgan fingerprint density at radius 3 is 2.73 bits per heavy atom. The molecule has 5 nitrogen and oxygen atoms in total. The quantitative estimate of drug-likeness (QED) is 0.825. The van der Waals surface area contributed by atoms with E-state index in [9.17, 15) is 4.79 Å². The Balaban J connectivity index is 1.52. The number of benzene rings is 1. The van der Waals surface area contributed by atoms with Crippen molar-refractivity contribution in [3.05, 3.63) is 47.6 Å². The molecule has 1 saturated carbocycles. The Hall–Kier alpha value is -1.66. The van der Waals surface area contributed by atoms with Gasteiger partial charge in [0.2, 0.25) is 5.89 Å². The van der Waals surface area contributed by atoms with E-state index in [1.54, 1.807) is 0 Å². The Morgan fingerprint density at radius 2 is 2.00 bits per heavy atom. The zero-order valence-corrected chi connectivity index (χ0v) is 13.1. The first kappa shape index (κ1) is 15.2. The van der Waals surface area contributed by atoms with Crippen LogP contribution in [0, 0.1) is 0 Å². The third-order valence-corrected chi connectivity index (χ3v) is 4.88. The first-order valence-electron chi connectivity index (χ1n) is 7.45. The second-order valence-corrected chi connectivity index (χ2v) is 6.64. The fourth-order valence-corrected chi connectivity index (χ4v) is 3.43. The summed E-state index contributed by atoms with van der Waals surface area (Å²) in [6.45, 7) is 0. The molecule has 0 aliphatic heterocycles. The van der Waals surface area contributed by atoms with Gasteiger partial charge in [0, 0.05) is 5.56 Å². The Bertz CT molecular complexity index is 636. The zero-order chi connectivity index (χ0) is 15.4. The van der Waals surface area contributed by atoms with Crippen LogP contribution in [0.1, 0.15) is 47.8 Å². The van der Waals surface area contributed by atoms with Gasteiger partial charge in [-0.3, -0.25) is 4.79 Å². The van der Waals surface area contributed by atoms with E-state index in [-0.39, 0.29) is 5.78 Å². The summed E-state index contributed by atoms with van der Waals surface area (Å²) in [6.07, 6.45) is 4.04. The molecule has 0 amide bonds. The van der Waals surface area contributed by atoms with Crippen molar-refractivity contribution in [3.8, 4) is 0 Å². The predicted octanol–water partition coefficient (Wildman–Crippen LogP) is 2.91. The second-order valence-electron chi connectivity index (χ2n) is 5.66. The van der Waals surface area contributed by atoms with Gasteiger partial charge in [-0.1, -0.05) is 48.3 Å². The van der Waals surface area contributed by atoms with Gasteiger partial charge in [-0.2, -0.15) is 4.98 Å². The van der Waals surface area contributed by atoms with Crippen LogP contribution in [0.3, 0.4) is 0 Å². The first-order chi connectivity index (χ1) is 10.7. The molecule has 0 unspecified atom stereocenters. The maximum Gasteiger partial charge on any atom is 0.236 e. The van der Waals surface area contributed by atoms with Crippen molar-refractivity contribution in [1.82, 2.24) is 10.1 Å². The highest BCUT2D eigenvalue weighted by Crippen LogP contribution is 2.34. The van der Waals surface area contributed by atoms with Crippen molar-refractivity contribution >= 4 is 17.5 Å². The van der Waals surface area contributed by atoms with E-state index in [0.29, 0.717) is 23.2 Å². The number of rotatable bonds is 6. The van der Waals surface area contributed by atoms with Crippen LogP contribution in [0.4, 0.5) is 0 Å². The number of ketones is 1. The standard InChI is InChI=1S/C16H19N3O2S/c17-16(8-4-5-9-16)15-18-14(21-19-15)11-22-10-13(20)12-6-2-1-3-7-12/h1-3,6-7H,4-5,8-11,17H2. The number of hydrogen-bond acceptors (Lipinski definition) is 6. The topological polar surface area (TPSA) is 82.0 Å². The zero-order valence-electron chi connectivity index (χ0n) is 12.3. The second kappa shape index (κ2) is 6.62. The molecule has 1 aliphatic rings. The largest absolute Gasteiger partial charge is 0.338 e. The molecule has 3 rings (SSSR count). The summed E-state index contributed by atoms with van der Waals surface area (Å²) < 4.78 is 5.26. The number of Topliss-reactive ketones (excluding diaryl/α,β-unsaturated/α-hetero) is 1. The van der Waals surface area contributed by atoms with Gasteiger partial charge >= 0.3 is 0 Å². The molecule has 1 heterocycles. The molecule has 1 fully saturated rings. The first-order valence-corrected chi connectivity index (χ1v) is 8.61. The van der Waals surface area contributed by atoms with Crippen molar-refractivity contribution in [2.75, 3.05) is 5.75 Å². The molecule has 0 spiro atoms. The molecule has 2 aromatic rings. The van der Waals surface area contributed by atoms with Crippen LogP contribution >= 0.6 is 11.8 Å². The third kappa shape index (κ3) is 3.39. The van der Waals surface area contributed by atoms with Gasteiger partial charge in [-0.05, 0) is 12.8 Å². The van der Waals surface area contributed by atoms with Crippen LogP contribution in [0.5, 0.6) is 0 Å². The predicted molar refractivity (Wildman–Crippen MR) is 85.6 cm³/mol. The highest BCUT2D eigenvalue weighted by atomic mass is 32.2. The van der Waals surface area contributed by atoms with Gasteiger partial charge in [-0.25, -0.2) is 0 Å². The van der Waals surface area contributed by atoms with Crippen LogP contribution < -0.4 is 5.73 Å². The molecule has 22 heavy (non-hydrogen) atoms. The highest BCUT2D eigenvalue weighted by Gasteiger charge is 2.35. The minimum atomic E-state index is -0.424. The number of carbonyl (C=O) groups is 1. The fraction of sp³-hybridized carbons (Fsp3) is 0.438. The van der Waals surface area contributed by atoms with Crippen LogP contribution in [0.25, 0.3) is 0 Å². The van der Waals surface area contributed by atoms with E-state index in [2.05, 4.69) is 10.1 Å². The molecule has 116 valence electrons. The Labute approximate surface area is 133 Å². The van der Waals surface area contributed by atoms with Crippen molar-refractivity contribution in [1.29, 1.82) is 0 Å². The van der Waals surface area contributed by atoms with Crippen LogP contribution in [-0.2, 0) is 11.3 Å². The Kier molecular flexibility index (Phi) is 4.59. The van der Waals surface area contributed by atoms with E-state index in [0.717, 1.165) is 31.2 Å². The van der Waals surface area contributed by atoms with Gasteiger partial charge in [0.1, 0.15) is 0 Å². The number of aromatic nitrogens is 2. The third-order valence-electron chi connectivity index (χ3n) is 3.96. The average Bonchev–Trinajstić information content (AvgIpc) is 3.18. The molecular weight excluding hydrogens is 298 g/mol. The molecular formula is C16H19N3O2S. The van der Waals surface area contributed by atoms with E-state index in [4.69, 9.17) is 10.3 Å². The molecule has 0 radical (unpaired) electrons. The lowest BCUT2D eigenvalue weighted by Gasteiger charge is -2.17. The number of thioether (sulfide) groups is 1. The van der Waals surface area contributed by atoms with Gasteiger partial charge in [0.25, 0.3) is 0 Å². The smallest absolute Gasteiger partial charge is 0.236 e. The monoisotopic (exact) mass is 317 g/mol. The van der Waals surface area contributed by atoms with Crippen molar-refractivity contribution < 1.29 is 9.32 Å². The Morgan fingerprint density at radius 1 is 1.27 bits per heavy atom. The molecule has 1 aliphatic carbocycles. The maximum atomic E-state index is 12.0. The number of nitrogens with two attached hydrogens (primary N) is 1. The summed E-state index contributed by atoms with van der Waals surface area (Å²) in [5.41, 5.74) is 6.61. The average molecular weight is 317 g/mol. The number of nitrogens with zero attached hydrogens (tertiary/aromatic N) is 2. The molecule has 6 heteroatoms. The lowest BCUT2D eigenvalue weighted by molar-refractivity contribution is 0.102. The molecule has 0 saturated heterocycles. The minimum Gasteiger partial charge on any atom is -0.338 e. The van der Waals surface area contributed by atoms with Gasteiger partial charge in [0.15, 0.2) is 11.6 Å². The molecule has 2 N–H and O–H groups in total. The van der Waals surface area contributed by atoms with Gasteiger partial charge < -0.3 is 10.3 Å². The van der Waals surface area contributed by atoms with E-state index < -0.39 is 5.54 Å². The van der Waals surface area contributed by atoms with E-state index in [1.807, 2.05) is 30.3 Å². The van der Waals surface area contributed by atoms with Crippen LogP contribution in [0.2, 0.25) is 0 Å². The number of hydrogen-bond donors (Lipinski definition) is 1. The summed E-state index contributed by atoms with van der Waals surface area (Å²) >= 11 is 1.48. The van der Waals surface area contributed by atoms with E-state index in [1.165, 1.54) is 11.8 Å². The molecule has 0 bridgehead atoms. The fourth-order valence-electron chi connectivity index (χ4n) is 2.68. The lowest BCUT2D eigenvalue weighted by Crippen LogP contribution is -2.34. The summed E-state index contributed by atoms with van der Waals surface area (Å²) in [4.78, 5) is 16.4. The summed E-state index contributed by atoms with van der Waals surface area (Å²) in [5, 5.41) is 4.02. The maximum absolute atomic E-state index is 12.0. The summed E-state index contributed by atoms with van der Waals surface area (Å²) in [7, 11) is 0. The van der Waals surface area contributed by atoms with Crippen molar-refractivity contribution in [3.63, 3.8) is 0 Å². The van der Waals surface area contributed by atoms with Crippen molar-refractivity contribution in [2.24, 2.45) is 5.73 Å². The highest BCUT2D eigenvalue weighted by molar-refractivity contribution is 7.99. The molecule has 1 aromatic heterocycles. The van der Waals surface area contributed by atoms with Crippen LogP contribution in [0.15, 0.2) is 34.9 Å². The minimum absolute atomic E-state index is 0.108. The molecule has 0 atom stereocenters. The number of carbonyl (C=O) groups excluding carboxylic acids is 1.